The molecule has 0 amide bonds. The van der Waals surface area contributed by atoms with Crippen LogP contribution in [0.1, 0.15) is 23.8 Å². The minimum Gasteiger partial charge on any atom is -0.462 e. The van der Waals surface area contributed by atoms with Crippen LogP contribution in [0.2, 0.25) is 0 Å². The maximum atomic E-state index is 12.2. The van der Waals surface area contributed by atoms with Crippen LogP contribution in [0.3, 0.4) is 0 Å². The average molecular weight is 217 g/mol. The van der Waals surface area contributed by atoms with Gasteiger partial charge in [-0.25, -0.2) is 4.79 Å². The molecule has 0 fully saturated rings. The van der Waals surface area contributed by atoms with Gasteiger partial charge in [0.25, 0.3) is 5.56 Å². The third-order valence-electron chi connectivity index (χ3n) is 1.67. The number of carbonyl (C=O) groups is 1. The smallest absolute Gasteiger partial charge is 0.338 e. The van der Waals surface area contributed by atoms with Crippen LogP contribution in [0.15, 0.2) is 23.1 Å². The van der Waals surface area contributed by atoms with Gasteiger partial charge in [0.1, 0.15) is 0 Å². The Morgan fingerprint density at radius 3 is 2.73 bits per heavy atom. The molecule has 0 saturated carbocycles. The second-order valence-corrected chi connectivity index (χ2v) is 2.66. The number of esters is 1. The molecule has 15 heavy (non-hydrogen) atoms. The first kappa shape index (κ1) is 11.4. The Labute approximate surface area is 84.1 Å². The zero-order valence-electron chi connectivity index (χ0n) is 7.94. The van der Waals surface area contributed by atoms with Crippen molar-refractivity contribution in [3.8, 4) is 0 Å². The van der Waals surface area contributed by atoms with Crippen molar-refractivity contribution < 1.29 is 18.3 Å². The largest absolute Gasteiger partial charge is 0.462 e. The normalized spacial score (nSPS) is 10.4. The number of hydrogen-bond acceptors (Lipinski definition) is 3. The van der Waals surface area contributed by atoms with E-state index in [9.17, 15) is 18.4 Å². The number of halogens is 2. The van der Waals surface area contributed by atoms with E-state index in [2.05, 4.69) is 4.74 Å². The summed E-state index contributed by atoms with van der Waals surface area (Å²) in [5.41, 5.74) is -0.964. The zero-order chi connectivity index (χ0) is 11.4. The highest BCUT2D eigenvalue weighted by Crippen LogP contribution is 2.06. The Balaban J connectivity index is 3.02. The summed E-state index contributed by atoms with van der Waals surface area (Å²) in [4.78, 5) is 22.2. The summed E-state index contributed by atoms with van der Waals surface area (Å²) in [7, 11) is 0. The molecule has 0 N–H and O–H groups in total. The first-order valence-corrected chi connectivity index (χ1v) is 4.23. The lowest BCUT2D eigenvalue weighted by Crippen LogP contribution is -2.21. The Morgan fingerprint density at radius 2 is 2.27 bits per heavy atom. The highest BCUT2D eigenvalue weighted by molar-refractivity contribution is 5.89. The van der Waals surface area contributed by atoms with Crippen molar-refractivity contribution in [2.75, 3.05) is 6.61 Å². The van der Waals surface area contributed by atoms with Crippen molar-refractivity contribution in [3.05, 3.63) is 34.2 Å². The summed E-state index contributed by atoms with van der Waals surface area (Å²) in [6, 6.07) is 1.94. The first-order valence-electron chi connectivity index (χ1n) is 4.23. The first-order chi connectivity index (χ1) is 7.06. The Bertz CT molecular complexity index is 414. The van der Waals surface area contributed by atoms with Crippen molar-refractivity contribution in [3.63, 3.8) is 0 Å². The summed E-state index contributed by atoms with van der Waals surface area (Å²) in [6.07, 6.45) is 0.860. The molecule has 1 aromatic heterocycles. The van der Waals surface area contributed by atoms with E-state index >= 15 is 0 Å². The topological polar surface area (TPSA) is 48.3 Å². The summed E-state index contributed by atoms with van der Waals surface area (Å²) in [5.74, 6) is -0.698. The van der Waals surface area contributed by atoms with E-state index in [4.69, 9.17) is 0 Å². The molecule has 0 aliphatic carbocycles. The number of hydrogen-bond donors (Lipinski definition) is 0. The number of rotatable bonds is 3. The summed E-state index contributed by atoms with van der Waals surface area (Å²) < 4.78 is 29.1. The molecule has 6 heteroatoms. The number of pyridine rings is 1. The van der Waals surface area contributed by atoms with Crippen LogP contribution in [0.25, 0.3) is 0 Å². The lowest BCUT2D eigenvalue weighted by Gasteiger charge is -2.05. The standard InChI is InChI=1S/C9H9F2NO3/c1-2-15-8(14)6-3-4-12(9(10)11)7(13)5-6/h3-5,9H,2H2,1H3. The highest BCUT2D eigenvalue weighted by atomic mass is 19.3. The van der Waals surface area contributed by atoms with Crippen molar-refractivity contribution >= 4 is 5.97 Å². The Kier molecular flexibility index (Phi) is 3.54. The van der Waals surface area contributed by atoms with Crippen molar-refractivity contribution in [1.29, 1.82) is 0 Å². The van der Waals surface area contributed by atoms with Gasteiger partial charge < -0.3 is 4.74 Å². The van der Waals surface area contributed by atoms with E-state index in [0.717, 1.165) is 18.3 Å². The number of nitrogens with zero attached hydrogens (tertiary/aromatic N) is 1. The molecular weight excluding hydrogens is 208 g/mol. The molecule has 82 valence electrons. The molecule has 0 radical (unpaired) electrons. The minimum absolute atomic E-state index is 0.0289. The van der Waals surface area contributed by atoms with Gasteiger partial charge in [0.15, 0.2) is 0 Å². The molecular formula is C9H9F2NO3. The predicted molar refractivity (Wildman–Crippen MR) is 47.9 cm³/mol. The third kappa shape index (κ3) is 2.61. The highest BCUT2D eigenvalue weighted by Gasteiger charge is 2.11. The second kappa shape index (κ2) is 4.68. The fraction of sp³-hybridized carbons (Fsp3) is 0.333. The number of ether oxygens (including phenoxy) is 1. The molecule has 0 atom stereocenters. The van der Waals surface area contributed by atoms with Gasteiger partial charge in [-0.05, 0) is 13.0 Å². The molecule has 1 rings (SSSR count). The lowest BCUT2D eigenvalue weighted by molar-refractivity contribution is 0.0518. The Morgan fingerprint density at radius 1 is 1.60 bits per heavy atom. The van der Waals surface area contributed by atoms with Crippen LogP contribution in [-0.2, 0) is 4.74 Å². The molecule has 4 nitrogen and oxygen atoms in total. The van der Waals surface area contributed by atoms with Gasteiger partial charge in [0, 0.05) is 12.3 Å². The van der Waals surface area contributed by atoms with Crippen molar-refractivity contribution in [2.45, 2.75) is 13.5 Å². The zero-order valence-corrected chi connectivity index (χ0v) is 7.94. The van der Waals surface area contributed by atoms with E-state index in [-0.39, 0.29) is 16.7 Å². The molecule has 1 heterocycles. The van der Waals surface area contributed by atoms with Gasteiger partial charge in [0.2, 0.25) is 0 Å². The van der Waals surface area contributed by atoms with Crippen LogP contribution in [0.5, 0.6) is 0 Å². The molecule has 0 spiro atoms. The summed E-state index contributed by atoms with van der Waals surface area (Å²) >= 11 is 0. The lowest BCUT2D eigenvalue weighted by atomic mass is 10.3. The van der Waals surface area contributed by atoms with E-state index in [1.165, 1.54) is 0 Å². The monoisotopic (exact) mass is 217 g/mol. The van der Waals surface area contributed by atoms with Crippen molar-refractivity contribution in [1.82, 2.24) is 4.57 Å². The van der Waals surface area contributed by atoms with E-state index in [1.54, 1.807) is 6.92 Å². The quantitative estimate of drug-likeness (QED) is 0.719. The fourth-order valence-corrected chi connectivity index (χ4v) is 0.992. The molecule has 0 unspecified atom stereocenters. The molecule has 0 aliphatic heterocycles. The van der Waals surface area contributed by atoms with Gasteiger partial charge in [0.05, 0.1) is 12.2 Å². The average Bonchev–Trinajstić information content (AvgIpc) is 2.17. The van der Waals surface area contributed by atoms with Crippen molar-refractivity contribution in [2.24, 2.45) is 0 Å². The maximum absolute atomic E-state index is 12.2. The Hall–Kier alpha value is -1.72. The predicted octanol–water partition coefficient (Wildman–Crippen LogP) is 1.42. The molecule has 0 aromatic carbocycles. The summed E-state index contributed by atoms with van der Waals surface area (Å²) in [5, 5.41) is 0. The summed E-state index contributed by atoms with van der Waals surface area (Å²) in [6.45, 7) is -1.14. The second-order valence-electron chi connectivity index (χ2n) is 2.66. The molecule has 0 aliphatic rings. The van der Waals surface area contributed by atoms with E-state index < -0.39 is 18.1 Å². The van der Waals surface area contributed by atoms with Gasteiger partial charge in [-0.3, -0.25) is 9.36 Å². The number of alkyl halides is 2. The number of aromatic nitrogens is 1. The fourth-order valence-electron chi connectivity index (χ4n) is 0.992. The maximum Gasteiger partial charge on any atom is 0.338 e. The SMILES string of the molecule is CCOC(=O)c1ccn(C(F)F)c(=O)c1. The van der Waals surface area contributed by atoms with Gasteiger partial charge in [-0.1, -0.05) is 0 Å². The molecule has 0 bridgehead atoms. The van der Waals surface area contributed by atoms with Crippen LogP contribution in [-0.4, -0.2) is 17.1 Å². The van der Waals surface area contributed by atoms with Crippen LogP contribution >= 0.6 is 0 Å². The van der Waals surface area contributed by atoms with Crippen LogP contribution in [0, 0.1) is 0 Å². The number of carbonyl (C=O) groups excluding carboxylic acids is 1. The van der Waals surface area contributed by atoms with E-state index in [1.807, 2.05) is 0 Å². The van der Waals surface area contributed by atoms with Gasteiger partial charge in [-0.15, -0.1) is 0 Å². The minimum atomic E-state index is -2.91. The van der Waals surface area contributed by atoms with Crippen LogP contribution < -0.4 is 5.56 Å². The van der Waals surface area contributed by atoms with Gasteiger partial charge >= 0.3 is 12.5 Å². The van der Waals surface area contributed by atoms with Gasteiger partial charge in [-0.2, -0.15) is 8.78 Å². The molecule has 0 saturated heterocycles. The van der Waals surface area contributed by atoms with Crippen LogP contribution in [0.4, 0.5) is 8.78 Å². The third-order valence-corrected chi connectivity index (χ3v) is 1.67. The van der Waals surface area contributed by atoms with E-state index in [0.29, 0.717) is 0 Å². The molecule has 1 aromatic rings.